The first-order chi connectivity index (χ1) is 9.45. The van der Waals surface area contributed by atoms with E-state index in [9.17, 15) is 9.59 Å². The third-order valence-electron chi connectivity index (χ3n) is 3.61. The summed E-state index contributed by atoms with van der Waals surface area (Å²) in [6.07, 6.45) is 0.138. The summed E-state index contributed by atoms with van der Waals surface area (Å²) < 4.78 is 1.79. The molecule has 1 fully saturated rings. The van der Waals surface area contributed by atoms with Gasteiger partial charge in [-0.05, 0) is 13.0 Å². The minimum Gasteiger partial charge on any atom is -0.481 e. The van der Waals surface area contributed by atoms with Gasteiger partial charge in [0.25, 0.3) is 5.91 Å². The van der Waals surface area contributed by atoms with Gasteiger partial charge in [-0.25, -0.2) is 0 Å². The van der Waals surface area contributed by atoms with E-state index in [-0.39, 0.29) is 18.2 Å². The number of hydrogen-bond acceptors (Lipinski definition) is 4. The van der Waals surface area contributed by atoms with Crippen molar-refractivity contribution < 1.29 is 14.7 Å². The van der Waals surface area contributed by atoms with Crippen LogP contribution < -0.4 is 0 Å². The Balaban J connectivity index is 1.74. The smallest absolute Gasteiger partial charge is 0.303 e. The number of aliphatic carboxylic acids is 1. The Hall–Kier alpha value is -1.89. The molecule has 20 heavy (non-hydrogen) atoms. The average molecular weight is 293 g/mol. The van der Waals surface area contributed by atoms with E-state index in [4.69, 9.17) is 5.11 Å². The number of nitrogens with zero attached hydrogens (tertiary/aromatic N) is 3. The maximum atomic E-state index is 12.3. The van der Waals surface area contributed by atoms with Gasteiger partial charge in [-0.15, -0.1) is 11.3 Å². The monoisotopic (exact) mass is 293 g/mol. The lowest BCUT2D eigenvalue weighted by molar-refractivity contribution is -0.139. The molecule has 3 heterocycles. The Kier molecular flexibility index (Phi) is 3.01. The number of carbonyl (C=O) groups is 2. The quantitative estimate of drug-likeness (QED) is 0.930. The summed E-state index contributed by atoms with van der Waals surface area (Å²) in [5.74, 6) is -0.716. The van der Waals surface area contributed by atoms with Crippen molar-refractivity contribution in [2.45, 2.75) is 13.3 Å². The van der Waals surface area contributed by atoms with Gasteiger partial charge in [0.05, 0.1) is 17.0 Å². The molecule has 0 saturated carbocycles. The summed E-state index contributed by atoms with van der Waals surface area (Å²) in [4.78, 5) is 26.3. The molecule has 106 valence electrons. The maximum absolute atomic E-state index is 12.3. The van der Waals surface area contributed by atoms with Gasteiger partial charge in [-0.3, -0.25) is 14.3 Å². The molecule has 0 aromatic carbocycles. The van der Waals surface area contributed by atoms with Crippen molar-refractivity contribution in [2.24, 2.45) is 13.0 Å². The second kappa shape index (κ2) is 4.59. The Morgan fingerprint density at radius 1 is 1.50 bits per heavy atom. The third kappa shape index (κ3) is 2.07. The number of carboxylic acids is 1. The van der Waals surface area contributed by atoms with Crippen LogP contribution in [0.15, 0.2) is 6.07 Å². The lowest BCUT2D eigenvalue weighted by Crippen LogP contribution is -2.50. The number of carbonyl (C=O) groups excluding carboxylic acids is 1. The molecular formula is C13H15N3O3S. The predicted molar refractivity (Wildman–Crippen MR) is 75.0 cm³/mol. The molecule has 0 aliphatic carbocycles. The number of thiophene rings is 1. The fourth-order valence-electron chi connectivity index (χ4n) is 2.58. The molecular weight excluding hydrogens is 278 g/mol. The minimum absolute atomic E-state index is 0.00719. The van der Waals surface area contributed by atoms with Crippen LogP contribution in [0.5, 0.6) is 0 Å². The Morgan fingerprint density at radius 2 is 2.20 bits per heavy atom. The lowest BCUT2D eigenvalue weighted by atomic mass is 9.96. The van der Waals surface area contributed by atoms with Gasteiger partial charge in [0.15, 0.2) is 0 Å². The van der Waals surface area contributed by atoms with Gasteiger partial charge < -0.3 is 10.0 Å². The van der Waals surface area contributed by atoms with Crippen molar-refractivity contribution in [1.29, 1.82) is 0 Å². The normalized spacial score (nSPS) is 15.6. The molecule has 6 nitrogen and oxygen atoms in total. The first-order valence-corrected chi connectivity index (χ1v) is 7.21. The number of hydrogen-bond donors (Lipinski definition) is 1. The molecule has 1 N–H and O–H groups in total. The predicted octanol–water partition coefficient (Wildman–Crippen LogP) is 1.49. The van der Waals surface area contributed by atoms with Crippen molar-refractivity contribution in [3.63, 3.8) is 0 Å². The summed E-state index contributed by atoms with van der Waals surface area (Å²) in [6, 6.07) is 1.88. The minimum atomic E-state index is -0.800. The van der Waals surface area contributed by atoms with Gasteiger partial charge >= 0.3 is 5.97 Å². The van der Waals surface area contributed by atoms with Gasteiger partial charge in [0.2, 0.25) is 0 Å². The van der Waals surface area contributed by atoms with E-state index in [1.165, 1.54) is 11.3 Å². The van der Waals surface area contributed by atoms with Crippen LogP contribution in [0.1, 0.15) is 21.8 Å². The van der Waals surface area contributed by atoms with Crippen LogP contribution in [0.25, 0.3) is 10.2 Å². The molecule has 0 radical (unpaired) electrons. The topological polar surface area (TPSA) is 75.4 Å². The highest BCUT2D eigenvalue weighted by Crippen LogP contribution is 2.30. The molecule has 0 atom stereocenters. The number of aromatic nitrogens is 2. The largest absolute Gasteiger partial charge is 0.481 e. The molecule has 1 saturated heterocycles. The number of likely N-dealkylation sites (tertiary alicyclic amines) is 1. The summed E-state index contributed by atoms with van der Waals surface area (Å²) >= 11 is 1.44. The lowest BCUT2D eigenvalue weighted by Gasteiger charge is -2.38. The third-order valence-corrected chi connectivity index (χ3v) is 4.80. The molecule has 1 aliphatic rings. The zero-order valence-electron chi connectivity index (χ0n) is 11.3. The first kappa shape index (κ1) is 13.1. The Bertz CT molecular complexity index is 663. The fourth-order valence-corrected chi connectivity index (χ4v) is 3.67. The van der Waals surface area contributed by atoms with Crippen LogP contribution in [0.3, 0.4) is 0 Å². The van der Waals surface area contributed by atoms with Crippen molar-refractivity contribution in [3.05, 3.63) is 16.6 Å². The van der Waals surface area contributed by atoms with Gasteiger partial charge in [0, 0.05) is 31.4 Å². The number of aryl methyl sites for hydroxylation is 2. The molecule has 2 aromatic rings. The van der Waals surface area contributed by atoms with Gasteiger partial charge in [-0.2, -0.15) is 5.10 Å². The highest BCUT2D eigenvalue weighted by molar-refractivity contribution is 7.20. The summed E-state index contributed by atoms with van der Waals surface area (Å²) in [7, 11) is 1.87. The van der Waals surface area contributed by atoms with E-state index in [1.807, 2.05) is 20.0 Å². The second-order valence-electron chi connectivity index (χ2n) is 5.21. The first-order valence-electron chi connectivity index (χ1n) is 6.40. The second-order valence-corrected chi connectivity index (χ2v) is 6.24. The van der Waals surface area contributed by atoms with Crippen LogP contribution in [-0.4, -0.2) is 44.8 Å². The molecule has 3 rings (SSSR count). The van der Waals surface area contributed by atoms with Crippen molar-refractivity contribution in [1.82, 2.24) is 14.7 Å². The standard InChI is InChI=1S/C13H15N3O3S/c1-7-9-4-10(20-13(9)15(2)14-7)12(19)16-5-8(6-16)3-11(17)18/h4,8H,3,5-6H2,1-2H3,(H,17,18). The van der Waals surface area contributed by atoms with E-state index >= 15 is 0 Å². The average Bonchev–Trinajstić information content (AvgIpc) is 2.85. The van der Waals surface area contributed by atoms with Crippen molar-refractivity contribution in [3.8, 4) is 0 Å². The van der Waals surface area contributed by atoms with Crippen molar-refractivity contribution >= 4 is 33.4 Å². The van der Waals surface area contributed by atoms with E-state index in [1.54, 1.807) is 9.58 Å². The zero-order chi connectivity index (χ0) is 14.4. The van der Waals surface area contributed by atoms with E-state index < -0.39 is 5.97 Å². The van der Waals surface area contributed by atoms with Crippen LogP contribution in [-0.2, 0) is 11.8 Å². The summed E-state index contributed by atoms with van der Waals surface area (Å²) in [5, 5.41) is 14.0. The Morgan fingerprint density at radius 3 is 2.80 bits per heavy atom. The van der Waals surface area contributed by atoms with Crippen molar-refractivity contribution in [2.75, 3.05) is 13.1 Å². The maximum Gasteiger partial charge on any atom is 0.303 e. The van der Waals surface area contributed by atoms with E-state index in [0.29, 0.717) is 18.0 Å². The van der Waals surface area contributed by atoms with E-state index in [0.717, 1.165) is 15.9 Å². The number of rotatable bonds is 3. The molecule has 1 amide bonds. The molecule has 1 aliphatic heterocycles. The van der Waals surface area contributed by atoms with E-state index in [2.05, 4.69) is 5.10 Å². The SMILES string of the molecule is Cc1nn(C)c2sc(C(=O)N3CC(CC(=O)O)C3)cc12. The highest BCUT2D eigenvalue weighted by Gasteiger charge is 2.33. The highest BCUT2D eigenvalue weighted by atomic mass is 32.1. The van der Waals surface area contributed by atoms with Crippen LogP contribution in [0.2, 0.25) is 0 Å². The van der Waals surface area contributed by atoms with Gasteiger partial charge in [-0.1, -0.05) is 0 Å². The number of fused-ring (bicyclic) bond motifs is 1. The number of carboxylic acid groups (broad SMARTS) is 1. The molecule has 2 aromatic heterocycles. The zero-order valence-corrected chi connectivity index (χ0v) is 12.1. The summed E-state index contributed by atoms with van der Waals surface area (Å²) in [5.41, 5.74) is 0.921. The molecule has 0 unspecified atom stereocenters. The molecule has 7 heteroatoms. The van der Waals surface area contributed by atoms with Crippen LogP contribution in [0.4, 0.5) is 0 Å². The van der Waals surface area contributed by atoms with Crippen LogP contribution >= 0.6 is 11.3 Å². The Labute approximate surface area is 119 Å². The summed E-state index contributed by atoms with van der Waals surface area (Å²) in [6.45, 7) is 3.00. The molecule has 0 bridgehead atoms. The number of amides is 1. The van der Waals surface area contributed by atoms with Gasteiger partial charge in [0.1, 0.15) is 4.83 Å². The molecule has 0 spiro atoms. The fraction of sp³-hybridized carbons (Fsp3) is 0.462. The van der Waals surface area contributed by atoms with Crippen LogP contribution in [0, 0.1) is 12.8 Å².